The summed E-state index contributed by atoms with van der Waals surface area (Å²) < 4.78 is 36.3. The SMILES string of the molecule is CC1(C)c2cc(-c3ccc(-n4c5ccccc5c5c6c(ccc54)-c4ccccc4P6(=O)c4ccccc4)cc3)ccc2-c2ccc(-c3ccc4ccccc4c3)cc21.CC1(C)c2cc(-c3ccc(-n4c5ccccc5c5c6c(ccc54)-c4ccccc4P6(=O)c4ccccc4)cc3)ccc2-c2ccc(-c3cccc4ccccc34)cc21. The maximum absolute atomic E-state index is 15.8. The molecule has 116 heavy (non-hydrogen) atoms. The van der Waals surface area contributed by atoms with Gasteiger partial charge in [-0.1, -0.05) is 337 Å². The van der Waals surface area contributed by atoms with Gasteiger partial charge in [0.2, 0.25) is 0 Å². The van der Waals surface area contributed by atoms with Crippen LogP contribution in [-0.4, -0.2) is 9.13 Å². The number of aromatic nitrogens is 2. The van der Waals surface area contributed by atoms with Crippen molar-refractivity contribution in [3.63, 3.8) is 0 Å². The third kappa shape index (κ3) is 9.88. The molecule has 0 bridgehead atoms. The lowest BCUT2D eigenvalue weighted by molar-refractivity contribution is 0.592. The largest absolute Gasteiger partial charge is 0.309 e. The fraction of sp³-hybridized carbons (Fsp3) is 0.0545. The molecule has 4 aliphatic rings. The molecular weight excluding hydrogens is 1440 g/mol. The molecule has 0 N–H and O–H groups in total. The average Bonchev–Trinajstić information content (AvgIpc) is 1.53. The van der Waals surface area contributed by atoms with Crippen LogP contribution < -0.4 is 31.8 Å². The van der Waals surface area contributed by atoms with Gasteiger partial charge in [-0.2, -0.15) is 0 Å². The smallest absolute Gasteiger partial charge is 0.172 e. The maximum Gasteiger partial charge on any atom is 0.172 e. The zero-order valence-corrected chi connectivity index (χ0v) is 66.3. The van der Waals surface area contributed by atoms with E-state index < -0.39 is 14.3 Å². The first-order valence-electron chi connectivity index (χ1n) is 40.2. The van der Waals surface area contributed by atoms with E-state index in [4.69, 9.17) is 0 Å². The molecule has 24 rings (SSSR count). The molecule has 2 atom stereocenters. The van der Waals surface area contributed by atoms with E-state index in [-0.39, 0.29) is 10.8 Å². The van der Waals surface area contributed by atoms with Crippen molar-refractivity contribution in [2.75, 3.05) is 0 Å². The second kappa shape index (κ2) is 25.5. The summed E-state index contributed by atoms with van der Waals surface area (Å²) in [6, 6.07) is 139. The van der Waals surface area contributed by atoms with Gasteiger partial charge in [-0.3, -0.25) is 0 Å². The molecule has 0 fully saturated rings. The summed E-state index contributed by atoms with van der Waals surface area (Å²) in [7, 11) is -6.32. The molecular formula is C110H76N2O2P2. The summed E-state index contributed by atoms with van der Waals surface area (Å²) in [6.45, 7) is 9.46. The molecule has 0 radical (unpaired) electrons. The number of benzene rings is 18. The summed E-state index contributed by atoms with van der Waals surface area (Å²) in [6.07, 6.45) is 0. The van der Waals surface area contributed by atoms with Crippen LogP contribution in [0.2, 0.25) is 0 Å². The van der Waals surface area contributed by atoms with Gasteiger partial charge >= 0.3 is 0 Å². The molecule has 0 spiro atoms. The molecule has 0 amide bonds. The van der Waals surface area contributed by atoms with Gasteiger partial charge in [-0.15, -0.1) is 0 Å². The number of para-hydroxylation sites is 2. The lowest BCUT2D eigenvalue weighted by atomic mass is 9.80. The van der Waals surface area contributed by atoms with Crippen molar-refractivity contribution in [3.8, 4) is 100 Å². The molecule has 548 valence electrons. The Morgan fingerprint density at radius 2 is 0.560 bits per heavy atom. The predicted octanol–water partition coefficient (Wildman–Crippen LogP) is 26.4. The molecule has 0 saturated carbocycles. The summed E-state index contributed by atoms with van der Waals surface area (Å²) >= 11 is 0. The number of fused-ring (bicyclic) bond motifs is 22. The zero-order valence-electron chi connectivity index (χ0n) is 64.6. The van der Waals surface area contributed by atoms with E-state index in [2.05, 4.69) is 352 Å². The molecule has 2 aliphatic carbocycles. The van der Waals surface area contributed by atoms with Crippen molar-refractivity contribution in [2.45, 2.75) is 38.5 Å². The quantitative estimate of drug-likeness (QED) is 0.142. The minimum Gasteiger partial charge on any atom is -0.309 e. The Kier molecular flexibility index (Phi) is 15.0. The van der Waals surface area contributed by atoms with Crippen molar-refractivity contribution in [2.24, 2.45) is 0 Å². The highest BCUT2D eigenvalue weighted by Crippen LogP contribution is 2.59. The Hall–Kier alpha value is -13.5. The average molecular weight is 1520 g/mol. The van der Waals surface area contributed by atoms with Crippen molar-refractivity contribution < 1.29 is 9.13 Å². The molecule has 4 nitrogen and oxygen atoms in total. The van der Waals surface area contributed by atoms with Crippen LogP contribution in [0.4, 0.5) is 0 Å². The molecule has 18 aromatic carbocycles. The van der Waals surface area contributed by atoms with Gasteiger partial charge in [-0.25, -0.2) is 0 Å². The van der Waals surface area contributed by atoms with E-state index >= 15 is 9.13 Å². The number of hydrogen-bond donors (Lipinski definition) is 0. The second-order valence-electron chi connectivity index (χ2n) is 32.8. The van der Waals surface area contributed by atoms with E-state index in [0.717, 1.165) is 109 Å². The summed E-state index contributed by atoms with van der Waals surface area (Å²) in [4.78, 5) is 0. The van der Waals surface area contributed by atoms with E-state index in [1.165, 1.54) is 111 Å². The van der Waals surface area contributed by atoms with Crippen LogP contribution in [0.5, 0.6) is 0 Å². The van der Waals surface area contributed by atoms with E-state index in [1.54, 1.807) is 0 Å². The standard InChI is InChI=1S/2C55H38NOP/c1-55(2)48-33-37(25-29-43(48)44-30-26-38(34-49(44)55)42-20-12-14-36-13-6-7-17-41(36)42)35-23-27-39(28-24-35)56-50-21-10-8-19-47(50)53-51(56)32-31-46-45-18-9-11-22-52(45)58(57,54(46)53)40-15-4-3-5-16-40;1-55(2)48-33-39(24-28-43(48)44-29-25-40(34-49(44)55)38-21-20-35-12-6-7-13-37(35)32-38)36-22-26-41(27-23-36)56-50-18-10-8-17-47(50)53-51(56)31-30-46-45-16-9-11-19-52(45)58(57,54(46)53)42-14-4-3-5-15-42/h2*3-34H,1-2H3. The van der Waals surface area contributed by atoms with Gasteiger partial charge < -0.3 is 18.3 Å². The van der Waals surface area contributed by atoms with Gasteiger partial charge in [0.25, 0.3) is 0 Å². The van der Waals surface area contributed by atoms with Gasteiger partial charge in [0, 0.05) is 75.6 Å². The Labute approximate surface area is 674 Å². The van der Waals surface area contributed by atoms with Gasteiger partial charge in [0.1, 0.15) is 0 Å². The normalized spacial score (nSPS) is 16.0. The molecule has 20 aromatic rings. The Bertz CT molecular complexity index is 7680. The Balaban J connectivity index is 0.000000137. The monoisotopic (exact) mass is 1520 g/mol. The highest BCUT2D eigenvalue weighted by Gasteiger charge is 2.45. The molecule has 2 aliphatic heterocycles. The third-order valence-corrected chi connectivity index (χ3v) is 32.4. The van der Waals surface area contributed by atoms with Crippen molar-refractivity contribution in [3.05, 3.63) is 411 Å². The van der Waals surface area contributed by atoms with Crippen LogP contribution in [-0.2, 0) is 20.0 Å². The van der Waals surface area contributed by atoms with Gasteiger partial charge in [0.15, 0.2) is 14.3 Å². The molecule has 2 unspecified atom stereocenters. The third-order valence-electron chi connectivity index (χ3n) is 26.0. The minimum absolute atomic E-state index is 0.143. The number of nitrogens with zero attached hydrogens (tertiary/aromatic N) is 2. The Morgan fingerprint density at radius 1 is 0.224 bits per heavy atom. The highest BCUT2D eigenvalue weighted by molar-refractivity contribution is 7.87. The van der Waals surface area contributed by atoms with Crippen LogP contribution in [0.15, 0.2) is 388 Å². The lowest BCUT2D eigenvalue weighted by Crippen LogP contribution is -2.21. The fourth-order valence-corrected chi connectivity index (χ4v) is 26.9. The van der Waals surface area contributed by atoms with Gasteiger partial charge in [-0.05, 0) is 212 Å². The van der Waals surface area contributed by atoms with Crippen molar-refractivity contribution in [1.29, 1.82) is 0 Å². The zero-order chi connectivity index (χ0) is 77.5. The van der Waals surface area contributed by atoms with Crippen LogP contribution >= 0.6 is 14.3 Å². The first-order valence-corrected chi connectivity index (χ1v) is 43.6. The van der Waals surface area contributed by atoms with Crippen LogP contribution in [0.25, 0.3) is 166 Å². The molecule has 4 heterocycles. The first kappa shape index (κ1) is 68.2. The van der Waals surface area contributed by atoms with E-state index in [1.807, 2.05) is 72.8 Å². The van der Waals surface area contributed by atoms with Crippen LogP contribution in [0, 0.1) is 0 Å². The van der Waals surface area contributed by atoms with Crippen LogP contribution in [0.3, 0.4) is 0 Å². The van der Waals surface area contributed by atoms with E-state index in [9.17, 15) is 0 Å². The summed E-state index contributed by atoms with van der Waals surface area (Å²) in [5.74, 6) is 0. The number of hydrogen-bond acceptors (Lipinski definition) is 2. The molecule has 0 saturated heterocycles. The summed E-state index contributed by atoms with van der Waals surface area (Å²) in [5.41, 5.74) is 31.1. The number of rotatable bonds is 8. The first-order chi connectivity index (χ1) is 56.8. The molecule has 2 aromatic heterocycles. The Morgan fingerprint density at radius 3 is 1.04 bits per heavy atom. The van der Waals surface area contributed by atoms with Crippen molar-refractivity contribution >= 4 is 111 Å². The van der Waals surface area contributed by atoms with E-state index in [0.29, 0.717) is 0 Å². The fourth-order valence-electron chi connectivity index (χ4n) is 20.4. The minimum atomic E-state index is -3.16. The van der Waals surface area contributed by atoms with Gasteiger partial charge in [0.05, 0.1) is 22.1 Å². The predicted molar refractivity (Wildman–Crippen MR) is 490 cm³/mol. The lowest BCUT2D eigenvalue weighted by Gasteiger charge is -2.23. The summed E-state index contributed by atoms with van der Waals surface area (Å²) in [5, 5.41) is 15.0. The molecule has 6 heteroatoms. The van der Waals surface area contributed by atoms with Crippen LogP contribution in [0.1, 0.15) is 49.9 Å². The second-order valence-corrected chi connectivity index (χ2v) is 38.1. The van der Waals surface area contributed by atoms with Crippen molar-refractivity contribution in [1.82, 2.24) is 9.13 Å². The maximum atomic E-state index is 15.8. The topological polar surface area (TPSA) is 44.0 Å². The highest BCUT2D eigenvalue weighted by atomic mass is 31.2.